The molecule has 110 valence electrons. The molecule has 0 unspecified atom stereocenters. The lowest BCUT2D eigenvalue weighted by molar-refractivity contribution is -0.126. The first-order chi connectivity index (χ1) is 10.2. The third kappa shape index (κ3) is 4.22. The maximum absolute atomic E-state index is 11.9. The number of nitrogens with zero attached hydrogens (tertiary/aromatic N) is 3. The summed E-state index contributed by atoms with van der Waals surface area (Å²) in [7, 11) is 0. The van der Waals surface area contributed by atoms with Crippen molar-refractivity contribution >= 4 is 11.9 Å². The van der Waals surface area contributed by atoms with Crippen molar-refractivity contribution in [3.05, 3.63) is 37.1 Å². The van der Waals surface area contributed by atoms with Crippen molar-refractivity contribution < 1.29 is 9.53 Å². The Morgan fingerprint density at radius 3 is 3.14 bits per heavy atom. The van der Waals surface area contributed by atoms with E-state index in [0.717, 1.165) is 0 Å². The van der Waals surface area contributed by atoms with Crippen molar-refractivity contribution in [2.45, 2.75) is 19.4 Å². The summed E-state index contributed by atoms with van der Waals surface area (Å²) in [6.45, 7) is 5.71. The van der Waals surface area contributed by atoms with Crippen LogP contribution >= 0.6 is 0 Å². The molecule has 2 heterocycles. The van der Waals surface area contributed by atoms with E-state index in [4.69, 9.17) is 4.74 Å². The Kier molecular flexibility index (Phi) is 5.16. The van der Waals surface area contributed by atoms with Crippen molar-refractivity contribution in [3.63, 3.8) is 0 Å². The Morgan fingerprint density at radius 1 is 1.57 bits per heavy atom. The SMILES string of the molecule is C=CCCO[C@@H](C)C(=O)Nc1n[nH]c(-c2ccccn2)n1. The third-order valence-electron chi connectivity index (χ3n) is 2.69. The van der Waals surface area contributed by atoms with Gasteiger partial charge >= 0.3 is 0 Å². The van der Waals surface area contributed by atoms with Crippen LogP contribution in [-0.4, -0.2) is 38.8 Å². The molecule has 1 atom stereocenters. The highest BCUT2D eigenvalue weighted by Gasteiger charge is 2.15. The number of rotatable bonds is 7. The Labute approximate surface area is 122 Å². The first-order valence-corrected chi connectivity index (χ1v) is 6.58. The molecular formula is C14H17N5O2. The van der Waals surface area contributed by atoms with Crippen LogP contribution in [0.4, 0.5) is 5.95 Å². The second kappa shape index (κ2) is 7.30. The van der Waals surface area contributed by atoms with Crippen LogP contribution in [0.3, 0.4) is 0 Å². The Balaban J connectivity index is 1.93. The van der Waals surface area contributed by atoms with Gasteiger partial charge in [0.1, 0.15) is 11.8 Å². The van der Waals surface area contributed by atoms with Crippen LogP contribution < -0.4 is 5.32 Å². The van der Waals surface area contributed by atoms with Gasteiger partial charge < -0.3 is 4.74 Å². The van der Waals surface area contributed by atoms with Crippen LogP contribution in [0, 0.1) is 0 Å². The normalized spacial score (nSPS) is 11.9. The molecule has 0 radical (unpaired) electrons. The van der Waals surface area contributed by atoms with Crippen molar-refractivity contribution in [3.8, 4) is 11.5 Å². The minimum atomic E-state index is -0.582. The smallest absolute Gasteiger partial charge is 0.255 e. The summed E-state index contributed by atoms with van der Waals surface area (Å²) in [6, 6.07) is 5.45. The fraction of sp³-hybridized carbons (Fsp3) is 0.286. The minimum Gasteiger partial charge on any atom is -0.368 e. The number of ether oxygens (including phenoxy) is 1. The number of hydrogen-bond acceptors (Lipinski definition) is 5. The standard InChI is InChI=1S/C14H17N5O2/c1-3-4-9-21-10(2)13(20)17-14-16-12(18-19-14)11-7-5-6-8-15-11/h3,5-8,10H,1,4,9H2,2H3,(H2,16,17,18,19,20)/t10-/m0/s1. The van der Waals surface area contributed by atoms with Gasteiger partial charge in [0.15, 0.2) is 5.82 Å². The van der Waals surface area contributed by atoms with Gasteiger partial charge in [-0.25, -0.2) is 0 Å². The first kappa shape index (κ1) is 14.9. The monoisotopic (exact) mass is 287 g/mol. The van der Waals surface area contributed by atoms with Gasteiger partial charge in [-0.3, -0.25) is 20.2 Å². The molecule has 1 amide bonds. The highest BCUT2D eigenvalue weighted by molar-refractivity contribution is 5.92. The zero-order valence-electron chi connectivity index (χ0n) is 11.7. The molecule has 0 spiro atoms. The van der Waals surface area contributed by atoms with Gasteiger partial charge in [-0.15, -0.1) is 11.7 Å². The molecule has 21 heavy (non-hydrogen) atoms. The highest BCUT2D eigenvalue weighted by Crippen LogP contribution is 2.12. The van der Waals surface area contributed by atoms with Crippen LogP contribution in [0.5, 0.6) is 0 Å². The summed E-state index contributed by atoms with van der Waals surface area (Å²) < 4.78 is 5.35. The third-order valence-corrected chi connectivity index (χ3v) is 2.69. The lowest BCUT2D eigenvalue weighted by Crippen LogP contribution is -2.28. The van der Waals surface area contributed by atoms with Gasteiger partial charge in [0.2, 0.25) is 5.95 Å². The number of hydrogen-bond donors (Lipinski definition) is 2. The predicted molar refractivity (Wildman–Crippen MR) is 78.5 cm³/mol. The number of amides is 1. The topological polar surface area (TPSA) is 92.8 Å². The molecular weight excluding hydrogens is 270 g/mol. The first-order valence-electron chi connectivity index (χ1n) is 6.58. The lowest BCUT2D eigenvalue weighted by Gasteiger charge is -2.10. The van der Waals surface area contributed by atoms with Crippen molar-refractivity contribution in [1.29, 1.82) is 0 Å². The van der Waals surface area contributed by atoms with Crippen LogP contribution in [0.1, 0.15) is 13.3 Å². The average Bonchev–Trinajstić information content (AvgIpc) is 2.97. The van der Waals surface area contributed by atoms with Gasteiger partial charge in [0.25, 0.3) is 5.91 Å². The Bertz CT molecular complexity index is 596. The number of aromatic nitrogens is 4. The molecule has 0 bridgehead atoms. The zero-order chi connectivity index (χ0) is 15.1. The molecule has 2 rings (SSSR count). The van der Waals surface area contributed by atoms with Crippen LogP contribution in [-0.2, 0) is 9.53 Å². The molecule has 0 aliphatic carbocycles. The van der Waals surface area contributed by atoms with E-state index < -0.39 is 6.10 Å². The molecule has 2 aromatic heterocycles. The van der Waals surface area contributed by atoms with E-state index in [-0.39, 0.29) is 11.9 Å². The summed E-state index contributed by atoms with van der Waals surface area (Å²) in [5.74, 6) is 0.386. The maximum Gasteiger partial charge on any atom is 0.255 e. The van der Waals surface area contributed by atoms with Gasteiger partial charge in [-0.05, 0) is 25.5 Å². The molecule has 0 saturated carbocycles. The van der Waals surface area contributed by atoms with E-state index in [2.05, 4.69) is 32.1 Å². The highest BCUT2D eigenvalue weighted by atomic mass is 16.5. The zero-order valence-corrected chi connectivity index (χ0v) is 11.7. The largest absolute Gasteiger partial charge is 0.368 e. The van der Waals surface area contributed by atoms with Crippen molar-refractivity contribution in [2.75, 3.05) is 11.9 Å². The van der Waals surface area contributed by atoms with E-state index in [1.807, 2.05) is 12.1 Å². The summed E-state index contributed by atoms with van der Waals surface area (Å²) in [5.41, 5.74) is 0.654. The number of carbonyl (C=O) groups is 1. The summed E-state index contributed by atoms with van der Waals surface area (Å²) in [6.07, 6.45) is 3.51. The number of carbonyl (C=O) groups excluding carboxylic acids is 1. The molecule has 2 N–H and O–H groups in total. The van der Waals surface area contributed by atoms with E-state index in [0.29, 0.717) is 24.5 Å². The number of aromatic amines is 1. The molecule has 0 saturated heterocycles. The number of anilines is 1. The molecule has 7 nitrogen and oxygen atoms in total. The van der Waals surface area contributed by atoms with Crippen LogP contribution in [0.25, 0.3) is 11.5 Å². The molecule has 0 aliphatic rings. The number of nitrogens with one attached hydrogen (secondary N) is 2. The van der Waals surface area contributed by atoms with E-state index in [1.54, 1.807) is 25.3 Å². The molecule has 0 aliphatic heterocycles. The van der Waals surface area contributed by atoms with Gasteiger partial charge in [-0.1, -0.05) is 12.1 Å². The Hall–Kier alpha value is -2.54. The fourth-order valence-electron chi connectivity index (χ4n) is 1.55. The van der Waals surface area contributed by atoms with Gasteiger partial charge in [0.05, 0.1) is 6.61 Å². The van der Waals surface area contributed by atoms with Gasteiger partial charge in [-0.2, -0.15) is 4.98 Å². The molecule has 2 aromatic rings. The second-order valence-corrected chi connectivity index (χ2v) is 4.30. The predicted octanol–water partition coefficient (Wildman–Crippen LogP) is 1.79. The minimum absolute atomic E-state index is 0.194. The number of pyridine rings is 1. The van der Waals surface area contributed by atoms with Crippen molar-refractivity contribution in [1.82, 2.24) is 20.2 Å². The second-order valence-electron chi connectivity index (χ2n) is 4.30. The molecule has 0 aromatic carbocycles. The summed E-state index contributed by atoms with van der Waals surface area (Å²) >= 11 is 0. The van der Waals surface area contributed by atoms with Crippen molar-refractivity contribution in [2.24, 2.45) is 0 Å². The van der Waals surface area contributed by atoms with Gasteiger partial charge in [0, 0.05) is 6.20 Å². The quantitative estimate of drug-likeness (QED) is 0.598. The maximum atomic E-state index is 11.9. The van der Waals surface area contributed by atoms with E-state index in [9.17, 15) is 4.79 Å². The Morgan fingerprint density at radius 2 is 2.43 bits per heavy atom. The average molecular weight is 287 g/mol. The summed E-state index contributed by atoms with van der Waals surface area (Å²) in [4.78, 5) is 20.2. The van der Waals surface area contributed by atoms with E-state index >= 15 is 0 Å². The summed E-state index contributed by atoms with van der Waals surface area (Å²) in [5, 5.41) is 9.25. The number of H-pyrrole nitrogens is 1. The molecule has 7 heteroatoms. The fourth-order valence-corrected chi connectivity index (χ4v) is 1.55. The molecule has 0 fully saturated rings. The lowest BCUT2D eigenvalue weighted by atomic mass is 10.3. The van der Waals surface area contributed by atoms with Crippen LogP contribution in [0.2, 0.25) is 0 Å². The van der Waals surface area contributed by atoms with Crippen LogP contribution in [0.15, 0.2) is 37.1 Å². The van der Waals surface area contributed by atoms with E-state index in [1.165, 1.54) is 0 Å².